The Morgan fingerprint density at radius 2 is 1.56 bits per heavy atom. The molecule has 0 radical (unpaired) electrons. The molecule has 6 nitrogen and oxygen atoms in total. The third-order valence-corrected chi connectivity index (χ3v) is 6.85. The van der Waals surface area contributed by atoms with Crippen LogP contribution >= 0.6 is 0 Å². The van der Waals surface area contributed by atoms with E-state index in [4.69, 9.17) is 4.74 Å². The summed E-state index contributed by atoms with van der Waals surface area (Å²) in [4.78, 5) is 24.3. The van der Waals surface area contributed by atoms with Crippen molar-refractivity contribution in [3.05, 3.63) is 94.5 Å². The second-order valence-corrected chi connectivity index (χ2v) is 8.85. The summed E-state index contributed by atoms with van der Waals surface area (Å²) in [6.07, 6.45) is -1.59. The number of carbonyl (C=O) groups is 2. The van der Waals surface area contributed by atoms with E-state index in [2.05, 4.69) is 29.6 Å². The number of fused-ring (bicyclic) bond motifs is 4. The van der Waals surface area contributed by atoms with E-state index in [1.807, 2.05) is 24.3 Å². The second kappa shape index (κ2) is 9.41. The minimum absolute atomic E-state index is 0.0200. The first-order valence-electron chi connectivity index (χ1n) is 11.6. The summed E-state index contributed by atoms with van der Waals surface area (Å²) in [6, 6.07) is 21.5. The second-order valence-electron chi connectivity index (χ2n) is 8.85. The molecule has 1 amide bonds. The zero-order chi connectivity index (χ0) is 23.7. The van der Waals surface area contributed by atoms with Crippen molar-refractivity contribution < 1.29 is 24.5 Å². The van der Waals surface area contributed by atoms with E-state index in [1.54, 1.807) is 18.2 Å². The summed E-state index contributed by atoms with van der Waals surface area (Å²) in [6.45, 7) is 0.373. The maximum Gasteiger partial charge on any atom is 0.407 e. The first-order valence-corrected chi connectivity index (χ1v) is 11.6. The van der Waals surface area contributed by atoms with Crippen LogP contribution in [0, 0.1) is 0 Å². The number of rotatable bonds is 7. The van der Waals surface area contributed by atoms with Crippen molar-refractivity contribution in [2.24, 2.45) is 0 Å². The number of hydrogen-bond acceptors (Lipinski definition) is 5. The molecule has 6 heteroatoms. The van der Waals surface area contributed by atoms with Crippen LogP contribution < -0.4 is 5.32 Å². The molecule has 3 aromatic rings. The molecule has 3 aromatic carbocycles. The molecule has 0 saturated carbocycles. The van der Waals surface area contributed by atoms with E-state index < -0.39 is 18.3 Å². The predicted octanol–water partition coefficient (Wildman–Crippen LogP) is 4.14. The largest absolute Gasteiger partial charge is 0.449 e. The highest BCUT2D eigenvalue weighted by Gasteiger charge is 2.30. The van der Waals surface area contributed by atoms with Gasteiger partial charge in [-0.2, -0.15) is 0 Å². The molecule has 2 aliphatic carbocycles. The lowest BCUT2D eigenvalue weighted by Crippen LogP contribution is -2.31. The SMILES string of the molecule is O=C(NCCC(O)C(O)c1cccc2c1CCC2=O)OCC1c2ccccc2-c2ccccc21. The summed E-state index contributed by atoms with van der Waals surface area (Å²) >= 11 is 0. The smallest absolute Gasteiger partial charge is 0.407 e. The maximum absolute atomic E-state index is 12.3. The minimum atomic E-state index is -1.12. The summed E-state index contributed by atoms with van der Waals surface area (Å²) in [7, 11) is 0. The van der Waals surface area contributed by atoms with E-state index in [0.29, 0.717) is 24.0 Å². The van der Waals surface area contributed by atoms with E-state index in [-0.39, 0.29) is 31.3 Å². The van der Waals surface area contributed by atoms with Crippen LogP contribution in [0.25, 0.3) is 11.1 Å². The summed E-state index contributed by atoms with van der Waals surface area (Å²) in [5, 5.41) is 23.8. The Labute approximate surface area is 198 Å². The van der Waals surface area contributed by atoms with Crippen LogP contribution in [0.3, 0.4) is 0 Å². The van der Waals surface area contributed by atoms with Gasteiger partial charge in [0.2, 0.25) is 0 Å². The number of aliphatic hydroxyl groups excluding tert-OH is 2. The fourth-order valence-corrected chi connectivity index (χ4v) is 5.13. The number of nitrogens with one attached hydrogen (secondary N) is 1. The number of hydrogen-bond donors (Lipinski definition) is 3. The number of amides is 1. The van der Waals surface area contributed by atoms with Gasteiger partial charge in [-0.3, -0.25) is 4.79 Å². The third-order valence-electron chi connectivity index (χ3n) is 6.85. The average molecular weight is 458 g/mol. The van der Waals surface area contributed by atoms with Gasteiger partial charge in [-0.25, -0.2) is 4.79 Å². The van der Waals surface area contributed by atoms with Crippen molar-refractivity contribution in [1.82, 2.24) is 5.32 Å². The molecular weight excluding hydrogens is 430 g/mol. The van der Waals surface area contributed by atoms with Gasteiger partial charge in [0, 0.05) is 24.4 Å². The van der Waals surface area contributed by atoms with Gasteiger partial charge >= 0.3 is 6.09 Å². The molecule has 0 bridgehead atoms. The van der Waals surface area contributed by atoms with Crippen molar-refractivity contribution in [3.63, 3.8) is 0 Å². The molecule has 0 aromatic heterocycles. The fourth-order valence-electron chi connectivity index (χ4n) is 5.13. The van der Waals surface area contributed by atoms with Crippen molar-refractivity contribution >= 4 is 11.9 Å². The number of aliphatic hydroxyl groups is 2. The van der Waals surface area contributed by atoms with Crippen LogP contribution in [0.5, 0.6) is 0 Å². The normalized spacial score (nSPS) is 15.9. The van der Waals surface area contributed by atoms with E-state index in [1.165, 1.54) is 11.1 Å². The Morgan fingerprint density at radius 1 is 0.912 bits per heavy atom. The van der Waals surface area contributed by atoms with Gasteiger partial charge in [-0.15, -0.1) is 0 Å². The highest BCUT2D eigenvalue weighted by Crippen LogP contribution is 2.44. The predicted molar refractivity (Wildman–Crippen MR) is 128 cm³/mol. The van der Waals surface area contributed by atoms with Crippen molar-refractivity contribution in [2.75, 3.05) is 13.2 Å². The number of benzene rings is 3. The lowest BCUT2D eigenvalue weighted by atomic mass is 9.95. The number of ether oxygens (including phenoxy) is 1. The Morgan fingerprint density at radius 3 is 2.26 bits per heavy atom. The molecule has 174 valence electrons. The molecule has 0 fully saturated rings. The van der Waals surface area contributed by atoms with E-state index in [0.717, 1.165) is 16.7 Å². The van der Waals surface area contributed by atoms with Gasteiger partial charge in [0.15, 0.2) is 5.78 Å². The molecule has 3 N–H and O–H groups in total. The Bertz CT molecular complexity index is 1190. The lowest BCUT2D eigenvalue weighted by molar-refractivity contribution is 0.0132. The van der Waals surface area contributed by atoms with Crippen molar-refractivity contribution in [2.45, 2.75) is 37.4 Å². The van der Waals surface area contributed by atoms with Gasteiger partial charge in [0.05, 0.1) is 6.10 Å². The molecule has 34 heavy (non-hydrogen) atoms. The van der Waals surface area contributed by atoms with Gasteiger partial charge < -0.3 is 20.3 Å². The fraction of sp³-hybridized carbons (Fsp3) is 0.286. The van der Waals surface area contributed by atoms with E-state index in [9.17, 15) is 19.8 Å². The number of carbonyl (C=O) groups excluding carboxylic acids is 2. The molecule has 5 rings (SSSR count). The highest BCUT2D eigenvalue weighted by atomic mass is 16.5. The lowest BCUT2D eigenvalue weighted by Gasteiger charge is -2.21. The third kappa shape index (κ3) is 4.11. The highest BCUT2D eigenvalue weighted by molar-refractivity contribution is 6.00. The summed E-state index contributed by atoms with van der Waals surface area (Å²) in [5.74, 6) is 0.0453. The standard InChI is InChI=1S/C28H27NO5/c30-25-13-12-21-22(25)10-5-11-23(21)27(32)26(31)14-15-29-28(33)34-16-24-19-8-3-1-6-17(19)18-7-2-4-9-20(18)24/h1-11,24,26-27,31-32H,12-16H2,(H,29,33). The molecular formula is C28H27NO5. The average Bonchev–Trinajstić information content (AvgIpc) is 3.40. The van der Waals surface area contributed by atoms with Crippen LogP contribution in [0.4, 0.5) is 4.79 Å². The first-order chi connectivity index (χ1) is 16.5. The molecule has 2 aliphatic rings. The number of alkyl carbamates (subject to hydrolysis) is 1. The van der Waals surface area contributed by atoms with E-state index >= 15 is 0 Å². The van der Waals surface area contributed by atoms with Gasteiger partial charge in [0.25, 0.3) is 0 Å². The molecule has 0 saturated heterocycles. The van der Waals surface area contributed by atoms with Crippen molar-refractivity contribution in [1.29, 1.82) is 0 Å². The monoisotopic (exact) mass is 457 g/mol. The maximum atomic E-state index is 12.3. The van der Waals surface area contributed by atoms with Gasteiger partial charge in [-0.05, 0) is 46.2 Å². The molecule has 0 spiro atoms. The van der Waals surface area contributed by atoms with Crippen LogP contribution in [0.2, 0.25) is 0 Å². The zero-order valence-corrected chi connectivity index (χ0v) is 18.7. The Kier molecular flexibility index (Phi) is 6.18. The van der Waals surface area contributed by atoms with Gasteiger partial charge in [-0.1, -0.05) is 66.7 Å². The molecule has 2 atom stereocenters. The van der Waals surface area contributed by atoms with Crippen LogP contribution in [-0.4, -0.2) is 41.3 Å². The number of Topliss-reactive ketones (excluding diaryl/α,β-unsaturated/α-hetero) is 1. The Balaban J connectivity index is 1.14. The zero-order valence-electron chi connectivity index (χ0n) is 18.7. The van der Waals surface area contributed by atoms with Crippen LogP contribution in [0.1, 0.15) is 57.5 Å². The van der Waals surface area contributed by atoms with Crippen LogP contribution in [-0.2, 0) is 11.2 Å². The quantitative estimate of drug-likeness (QED) is 0.496. The first kappa shape index (κ1) is 22.3. The topological polar surface area (TPSA) is 95.9 Å². The molecule has 0 aliphatic heterocycles. The minimum Gasteiger partial charge on any atom is -0.449 e. The summed E-state index contributed by atoms with van der Waals surface area (Å²) < 4.78 is 5.51. The summed E-state index contributed by atoms with van der Waals surface area (Å²) in [5.41, 5.74) is 6.63. The molecule has 2 unspecified atom stereocenters. The Hall–Kier alpha value is -3.48. The van der Waals surface area contributed by atoms with Gasteiger partial charge in [0.1, 0.15) is 12.7 Å². The molecule has 0 heterocycles. The number of ketones is 1. The van der Waals surface area contributed by atoms with Crippen LogP contribution in [0.15, 0.2) is 66.7 Å². The van der Waals surface area contributed by atoms with Crippen molar-refractivity contribution in [3.8, 4) is 11.1 Å².